The molecular weight excluding hydrogens is 274 g/mol. The molecule has 102 valence electrons. The van der Waals surface area contributed by atoms with Crippen molar-refractivity contribution in [3.05, 3.63) is 59.9 Å². The average molecular weight is 288 g/mol. The second kappa shape index (κ2) is 5.38. The number of hydrogen-bond acceptors (Lipinski definition) is 3. The van der Waals surface area contributed by atoms with E-state index in [0.29, 0.717) is 11.6 Å². The van der Waals surface area contributed by atoms with E-state index >= 15 is 0 Å². The molecule has 0 aliphatic rings. The highest BCUT2D eigenvalue weighted by Gasteiger charge is 2.09. The van der Waals surface area contributed by atoms with Crippen LogP contribution in [0, 0.1) is 0 Å². The van der Waals surface area contributed by atoms with E-state index in [2.05, 4.69) is 15.4 Å². The van der Waals surface area contributed by atoms with E-state index in [-0.39, 0.29) is 0 Å². The Morgan fingerprint density at radius 3 is 2.85 bits per heavy atom. The zero-order valence-corrected chi connectivity index (χ0v) is 11.7. The maximum Gasteiger partial charge on any atom is 0.0992 e. The predicted octanol–water partition coefficient (Wildman–Crippen LogP) is 2.87. The summed E-state index contributed by atoms with van der Waals surface area (Å²) in [5, 5.41) is 8.22. The zero-order chi connectivity index (χ0) is 13.9. The number of aryl methyl sites for hydroxylation is 1. The van der Waals surface area contributed by atoms with Crippen molar-refractivity contribution in [2.45, 2.75) is 6.54 Å². The molecule has 0 aliphatic carbocycles. The SMILES string of the molecule is Cn1nccc1CNc1cccc(Cl)c1-n1ccnc1. The number of aromatic nitrogens is 4. The largest absolute Gasteiger partial charge is 0.378 e. The Morgan fingerprint density at radius 1 is 1.25 bits per heavy atom. The Morgan fingerprint density at radius 2 is 2.15 bits per heavy atom. The van der Waals surface area contributed by atoms with Gasteiger partial charge in [0.25, 0.3) is 0 Å². The topological polar surface area (TPSA) is 47.7 Å². The van der Waals surface area contributed by atoms with Gasteiger partial charge in [-0.25, -0.2) is 4.98 Å². The molecule has 1 N–H and O–H groups in total. The van der Waals surface area contributed by atoms with Gasteiger partial charge < -0.3 is 9.88 Å². The van der Waals surface area contributed by atoms with Gasteiger partial charge in [0.1, 0.15) is 0 Å². The summed E-state index contributed by atoms with van der Waals surface area (Å²) >= 11 is 6.31. The van der Waals surface area contributed by atoms with Gasteiger partial charge in [0.2, 0.25) is 0 Å². The maximum atomic E-state index is 6.31. The molecule has 0 saturated carbocycles. The lowest BCUT2D eigenvalue weighted by atomic mass is 10.2. The summed E-state index contributed by atoms with van der Waals surface area (Å²) in [6.07, 6.45) is 7.12. The highest BCUT2D eigenvalue weighted by molar-refractivity contribution is 6.33. The number of nitrogens with one attached hydrogen (secondary N) is 1. The van der Waals surface area contributed by atoms with Crippen LogP contribution >= 0.6 is 11.6 Å². The van der Waals surface area contributed by atoms with Gasteiger partial charge in [0.05, 0.1) is 35.0 Å². The third kappa shape index (κ3) is 2.40. The van der Waals surface area contributed by atoms with Crippen molar-refractivity contribution >= 4 is 17.3 Å². The van der Waals surface area contributed by atoms with Crippen molar-refractivity contribution in [1.82, 2.24) is 19.3 Å². The summed E-state index contributed by atoms with van der Waals surface area (Å²) in [5.41, 5.74) is 2.95. The molecule has 0 radical (unpaired) electrons. The van der Waals surface area contributed by atoms with Gasteiger partial charge in [-0.3, -0.25) is 4.68 Å². The third-order valence-corrected chi connectivity index (χ3v) is 3.44. The first-order valence-corrected chi connectivity index (χ1v) is 6.61. The van der Waals surface area contributed by atoms with Crippen molar-refractivity contribution < 1.29 is 0 Å². The quantitative estimate of drug-likeness (QED) is 0.803. The molecule has 1 aromatic carbocycles. The molecule has 3 rings (SSSR count). The summed E-state index contributed by atoms with van der Waals surface area (Å²) in [5.74, 6) is 0. The van der Waals surface area contributed by atoms with Crippen LogP contribution in [0.1, 0.15) is 5.69 Å². The molecule has 5 nitrogen and oxygen atoms in total. The Bertz CT molecular complexity index is 702. The van der Waals surface area contributed by atoms with Crippen molar-refractivity contribution in [2.75, 3.05) is 5.32 Å². The van der Waals surface area contributed by atoms with E-state index in [1.165, 1.54) is 0 Å². The second-order valence-corrected chi connectivity index (χ2v) is 4.81. The number of halogens is 1. The van der Waals surface area contributed by atoms with E-state index in [1.807, 2.05) is 46.8 Å². The van der Waals surface area contributed by atoms with Crippen LogP contribution < -0.4 is 5.32 Å². The van der Waals surface area contributed by atoms with Crippen LogP contribution in [-0.4, -0.2) is 19.3 Å². The van der Waals surface area contributed by atoms with Crippen molar-refractivity contribution in [2.24, 2.45) is 7.05 Å². The minimum absolute atomic E-state index is 0.679. The maximum absolute atomic E-state index is 6.31. The number of anilines is 1. The fraction of sp³-hybridized carbons (Fsp3) is 0.143. The summed E-state index contributed by atoms with van der Waals surface area (Å²) in [6, 6.07) is 7.77. The molecule has 0 bridgehead atoms. The molecule has 3 aromatic rings. The highest BCUT2D eigenvalue weighted by atomic mass is 35.5. The first kappa shape index (κ1) is 12.7. The van der Waals surface area contributed by atoms with Crippen LogP contribution in [0.2, 0.25) is 5.02 Å². The Balaban J connectivity index is 1.90. The molecule has 0 fully saturated rings. The molecule has 20 heavy (non-hydrogen) atoms. The third-order valence-electron chi connectivity index (χ3n) is 3.13. The molecule has 6 heteroatoms. The standard InChI is InChI=1S/C14H14ClN5/c1-19-11(5-6-18-19)9-17-13-4-2-3-12(15)14(13)20-8-7-16-10-20/h2-8,10,17H,9H2,1H3. The van der Waals surface area contributed by atoms with Crippen molar-refractivity contribution in [3.8, 4) is 5.69 Å². The number of imidazole rings is 1. The molecule has 0 saturated heterocycles. The lowest BCUT2D eigenvalue weighted by Gasteiger charge is -2.14. The van der Waals surface area contributed by atoms with E-state index < -0.39 is 0 Å². The minimum Gasteiger partial charge on any atom is -0.378 e. The molecule has 2 aromatic heterocycles. The molecule has 0 spiro atoms. The van der Waals surface area contributed by atoms with Crippen LogP contribution in [0.3, 0.4) is 0 Å². The monoisotopic (exact) mass is 287 g/mol. The molecule has 0 atom stereocenters. The fourth-order valence-corrected chi connectivity index (χ4v) is 2.34. The van der Waals surface area contributed by atoms with E-state index in [0.717, 1.165) is 17.1 Å². The number of benzene rings is 1. The van der Waals surface area contributed by atoms with Gasteiger partial charge in [-0.1, -0.05) is 17.7 Å². The average Bonchev–Trinajstić information content (AvgIpc) is 3.08. The molecule has 0 amide bonds. The van der Waals surface area contributed by atoms with Crippen molar-refractivity contribution in [3.63, 3.8) is 0 Å². The smallest absolute Gasteiger partial charge is 0.0992 e. The summed E-state index contributed by atoms with van der Waals surface area (Å²) in [4.78, 5) is 4.07. The summed E-state index contributed by atoms with van der Waals surface area (Å²) < 4.78 is 3.74. The minimum atomic E-state index is 0.679. The van der Waals surface area contributed by atoms with Gasteiger partial charge >= 0.3 is 0 Å². The van der Waals surface area contributed by atoms with E-state index in [9.17, 15) is 0 Å². The molecule has 0 unspecified atom stereocenters. The van der Waals surface area contributed by atoms with Crippen LogP contribution in [0.25, 0.3) is 5.69 Å². The zero-order valence-electron chi connectivity index (χ0n) is 11.0. The highest BCUT2D eigenvalue weighted by Crippen LogP contribution is 2.28. The van der Waals surface area contributed by atoms with Crippen LogP contribution in [0.4, 0.5) is 5.69 Å². The molecule has 2 heterocycles. The predicted molar refractivity (Wildman–Crippen MR) is 79.1 cm³/mol. The van der Waals surface area contributed by atoms with E-state index in [4.69, 9.17) is 11.6 Å². The lowest BCUT2D eigenvalue weighted by molar-refractivity contribution is 0.720. The molecular formula is C14H14ClN5. The number of hydrogen-bond donors (Lipinski definition) is 1. The lowest BCUT2D eigenvalue weighted by Crippen LogP contribution is -2.07. The Labute approximate surface area is 121 Å². The van der Waals surface area contributed by atoms with E-state index in [1.54, 1.807) is 18.7 Å². The second-order valence-electron chi connectivity index (χ2n) is 4.41. The molecule has 0 aliphatic heterocycles. The Kier molecular flexibility index (Phi) is 3.43. The fourth-order valence-electron chi connectivity index (χ4n) is 2.07. The van der Waals surface area contributed by atoms with Gasteiger partial charge in [-0.15, -0.1) is 0 Å². The van der Waals surface area contributed by atoms with Crippen LogP contribution in [-0.2, 0) is 13.6 Å². The normalized spacial score (nSPS) is 10.7. The summed E-state index contributed by atoms with van der Waals surface area (Å²) in [7, 11) is 1.92. The summed E-state index contributed by atoms with van der Waals surface area (Å²) in [6.45, 7) is 0.679. The number of para-hydroxylation sites is 1. The van der Waals surface area contributed by atoms with Crippen LogP contribution in [0.5, 0.6) is 0 Å². The van der Waals surface area contributed by atoms with Crippen LogP contribution in [0.15, 0.2) is 49.2 Å². The number of rotatable bonds is 4. The van der Waals surface area contributed by atoms with Gasteiger partial charge in [0.15, 0.2) is 0 Å². The number of nitrogens with zero attached hydrogens (tertiary/aromatic N) is 4. The van der Waals surface area contributed by atoms with Gasteiger partial charge in [-0.2, -0.15) is 5.10 Å². The first-order chi connectivity index (χ1) is 9.75. The Hall–Kier alpha value is -2.27. The van der Waals surface area contributed by atoms with Gasteiger partial charge in [0, 0.05) is 25.6 Å². The van der Waals surface area contributed by atoms with Gasteiger partial charge in [-0.05, 0) is 18.2 Å². The van der Waals surface area contributed by atoms with Crippen molar-refractivity contribution in [1.29, 1.82) is 0 Å². The first-order valence-electron chi connectivity index (χ1n) is 6.23.